The summed E-state index contributed by atoms with van der Waals surface area (Å²) < 4.78 is 7.17. The molecule has 3 aromatic rings. The van der Waals surface area contributed by atoms with E-state index in [9.17, 15) is 4.79 Å². The summed E-state index contributed by atoms with van der Waals surface area (Å²) in [5, 5.41) is 9.31. The van der Waals surface area contributed by atoms with Crippen molar-refractivity contribution in [2.45, 2.75) is 51.5 Å². The third-order valence-electron chi connectivity index (χ3n) is 6.30. The fourth-order valence-corrected chi connectivity index (χ4v) is 4.59. The third-order valence-corrected chi connectivity index (χ3v) is 6.55. The van der Waals surface area contributed by atoms with Gasteiger partial charge in [0.25, 0.3) is 0 Å². The maximum absolute atomic E-state index is 12.9. The number of fused-ring (bicyclic) bond motifs is 1. The van der Waals surface area contributed by atoms with E-state index in [-0.39, 0.29) is 11.4 Å². The van der Waals surface area contributed by atoms with Crippen molar-refractivity contribution in [1.29, 1.82) is 0 Å². The van der Waals surface area contributed by atoms with E-state index in [0.717, 1.165) is 52.7 Å². The summed E-state index contributed by atoms with van der Waals surface area (Å²) in [6.45, 7) is 4.04. The fraction of sp³-hybridized carbons (Fsp3) is 0.435. The summed E-state index contributed by atoms with van der Waals surface area (Å²) >= 11 is 6.03. The summed E-state index contributed by atoms with van der Waals surface area (Å²) in [7, 11) is 3.47. The second kappa shape index (κ2) is 7.91. The largest absolute Gasteiger partial charge is 0.479 e. The lowest BCUT2D eigenvalue weighted by atomic mass is 9.71. The van der Waals surface area contributed by atoms with Crippen molar-refractivity contribution in [1.82, 2.24) is 20.1 Å². The van der Waals surface area contributed by atoms with Crippen molar-refractivity contribution >= 4 is 28.5 Å². The van der Waals surface area contributed by atoms with Gasteiger partial charge < -0.3 is 10.1 Å². The monoisotopic (exact) mass is 426 g/mol. The molecule has 7 heteroatoms. The lowest BCUT2D eigenvalue weighted by Crippen LogP contribution is -2.50. The number of carbonyl (C=O) groups is 1. The molecule has 1 N–H and O–H groups in total. The van der Waals surface area contributed by atoms with E-state index < -0.39 is 0 Å². The number of nitrogens with zero attached hydrogens (tertiary/aromatic N) is 3. The molecule has 6 nitrogen and oxygen atoms in total. The van der Waals surface area contributed by atoms with Crippen LogP contribution in [0.25, 0.3) is 11.0 Å². The number of benzene rings is 1. The Hall–Kier alpha value is -2.60. The van der Waals surface area contributed by atoms with E-state index >= 15 is 0 Å². The fourth-order valence-electron chi connectivity index (χ4n) is 4.46. The molecule has 0 unspecified atom stereocenters. The van der Waals surface area contributed by atoms with Crippen molar-refractivity contribution in [2.24, 2.45) is 7.05 Å². The van der Waals surface area contributed by atoms with Gasteiger partial charge in [-0.05, 0) is 68.4 Å². The van der Waals surface area contributed by atoms with Crippen LogP contribution in [0.5, 0.6) is 5.88 Å². The van der Waals surface area contributed by atoms with Crippen molar-refractivity contribution < 1.29 is 9.53 Å². The minimum atomic E-state index is -0.263. The number of methoxy groups -OCH3 is 1. The molecule has 0 atom stereocenters. The first-order chi connectivity index (χ1) is 14.3. The predicted molar refractivity (Wildman–Crippen MR) is 118 cm³/mol. The summed E-state index contributed by atoms with van der Waals surface area (Å²) in [6, 6.07) is 7.81. The zero-order valence-electron chi connectivity index (χ0n) is 17.9. The quantitative estimate of drug-likeness (QED) is 0.635. The van der Waals surface area contributed by atoms with Gasteiger partial charge in [0.2, 0.25) is 11.8 Å². The van der Waals surface area contributed by atoms with E-state index in [1.807, 2.05) is 38.2 Å². The van der Waals surface area contributed by atoms with E-state index in [1.54, 1.807) is 11.8 Å². The average molecular weight is 427 g/mol. The summed E-state index contributed by atoms with van der Waals surface area (Å²) in [4.78, 5) is 17.6. The topological polar surface area (TPSA) is 69.0 Å². The predicted octanol–water partition coefficient (Wildman–Crippen LogP) is 4.38. The van der Waals surface area contributed by atoms with Gasteiger partial charge in [-0.2, -0.15) is 0 Å². The van der Waals surface area contributed by atoms with Gasteiger partial charge in [-0.1, -0.05) is 23.7 Å². The summed E-state index contributed by atoms with van der Waals surface area (Å²) in [5.74, 6) is 0.626. The van der Waals surface area contributed by atoms with Crippen LogP contribution in [-0.2, 0) is 23.8 Å². The van der Waals surface area contributed by atoms with Crippen molar-refractivity contribution in [3.63, 3.8) is 0 Å². The number of ether oxygens (including phenoxy) is 1. The molecule has 30 heavy (non-hydrogen) atoms. The molecular weight excluding hydrogens is 400 g/mol. The number of carbonyl (C=O) groups excluding carboxylic acids is 1. The molecular formula is C23H27ClN4O2. The van der Waals surface area contributed by atoms with E-state index in [1.165, 1.54) is 0 Å². The molecule has 1 aliphatic rings. The Bertz CT molecular complexity index is 1100. The highest BCUT2D eigenvalue weighted by atomic mass is 35.5. The Morgan fingerprint density at radius 1 is 1.27 bits per heavy atom. The molecule has 0 radical (unpaired) electrons. The van der Waals surface area contributed by atoms with Gasteiger partial charge in [0.1, 0.15) is 0 Å². The van der Waals surface area contributed by atoms with Crippen LogP contribution in [0.3, 0.4) is 0 Å². The lowest BCUT2D eigenvalue weighted by molar-refractivity contribution is -0.124. The highest BCUT2D eigenvalue weighted by Gasteiger charge is 2.39. The average Bonchev–Trinajstić information content (AvgIpc) is 3.01. The highest BCUT2D eigenvalue weighted by molar-refractivity contribution is 6.30. The molecule has 158 valence electrons. The Morgan fingerprint density at radius 2 is 1.97 bits per heavy atom. The first kappa shape index (κ1) is 20.7. The van der Waals surface area contributed by atoms with Crippen LogP contribution in [0.4, 0.5) is 0 Å². The van der Waals surface area contributed by atoms with E-state index in [4.69, 9.17) is 21.3 Å². The van der Waals surface area contributed by atoms with Gasteiger partial charge in [-0.25, -0.2) is 9.67 Å². The van der Waals surface area contributed by atoms with Gasteiger partial charge in [0.05, 0.1) is 18.0 Å². The number of halogens is 1. The molecule has 0 bridgehead atoms. The molecule has 0 spiro atoms. The normalized spacial score (nSPS) is 15.1. The van der Waals surface area contributed by atoms with Crippen molar-refractivity contribution in [3.05, 3.63) is 51.7 Å². The van der Waals surface area contributed by atoms with Gasteiger partial charge in [0.15, 0.2) is 5.65 Å². The molecule has 1 amide bonds. The third kappa shape index (κ3) is 3.54. The molecule has 2 aromatic heterocycles. The van der Waals surface area contributed by atoms with Gasteiger partial charge in [0, 0.05) is 24.2 Å². The van der Waals surface area contributed by atoms with Crippen molar-refractivity contribution in [2.75, 3.05) is 7.11 Å². The lowest BCUT2D eigenvalue weighted by Gasteiger charge is -2.43. The number of aryl methyl sites for hydroxylation is 3. The van der Waals surface area contributed by atoms with Crippen LogP contribution in [0.2, 0.25) is 5.02 Å². The Balaban J connectivity index is 1.52. The molecule has 1 saturated carbocycles. The Labute approximate surface area is 181 Å². The first-order valence-corrected chi connectivity index (χ1v) is 10.7. The zero-order chi connectivity index (χ0) is 21.5. The summed E-state index contributed by atoms with van der Waals surface area (Å²) in [6.07, 6.45) is 4.06. The van der Waals surface area contributed by atoms with E-state index in [2.05, 4.69) is 17.3 Å². The first-order valence-electron chi connectivity index (χ1n) is 10.3. The molecule has 2 heterocycles. The van der Waals surface area contributed by atoms with Crippen LogP contribution in [-0.4, -0.2) is 27.8 Å². The van der Waals surface area contributed by atoms with Crippen LogP contribution in [0.15, 0.2) is 24.3 Å². The molecule has 1 aliphatic carbocycles. The number of nitrogens with one attached hydrogen (secondary N) is 1. The second-order valence-corrected chi connectivity index (χ2v) is 8.56. The van der Waals surface area contributed by atoms with E-state index in [0.29, 0.717) is 23.7 Å². The van der Waals surface area contributed by atoms with Gasteiger partial charge >= 0.3 is 0 Å². The Morgan fingerprint density at radius 3 is 2.57 bits per heavy atom. The number of aromatic nitrogens is 3. The smallest absolute Gasteiger partial charge is 0.242 e. The number of hydrogen-bond acceptors (Lipinski definition) is 4. The summed E-state index contributed by atoms with van der Waals surface area (Å²) in [5.41, 5.74) is 4.74. The second-order valence-electron chi connectivity index (χ2n) is 8.12. The van der Waals surface area contributed by atoms with Crippen LogP contribution in [0.1, 0.15) is 48.1 Å². The standard InChI is InChI=1S/C23H27ClN4O2/c1-14-18(15(2)25-21-20(14)22(30-4)27-28(21)3)10-11-19(29)26-23(12-5-13-23)16-6-8-17(24)9-7-16/h6-9H,5,10-13H2,1-4H3,(H,26,29). The number of amides is 1. The maximum Gasteiger partial charge on any atom is 0.242 e. The van der Waals surface area contributed by atoms with Crippen LogP contribution >= 0.6 is 11.6 Å². The van der Waals surface area contributed by atoms with Crippen LogP contribution in [0, 0.1) is 13.8 Å². The molecule has 0 saturated heterocycles. The van der Waals surface area contributed by atoms with Crippen LogP contribution < -0.4 is 10.1 Å². The molecule has 0 aliphatic heterocycles. The van der Waals surface area contributed by atoms with Crippen molar-refractivity contribution in [3.8, 4) is 5.88 Å². The number of rotatable bonds is 6. The van der Waals surface area contributed by atoms with Gasteiger partial charge in [-0.3, -0.25) is 4.79 Å². The Kier molecular flexibility index (Phi) is 5.45. The maximum atomic E-state index is 12.9. The highest BCUT2D eigenvalue weighted by Crippen LogP contribution is 2.41. The molecule has 1 aromatic carbocycles. The number of pyridine rings is 1. The zero-order valence-corrected chi connectivity index (χ0v) is 18.6. The minimum absolute atomic E-state index is 0.0571. The SMILES string of the molecule is COc1nn(C)c2nc(C)c(CCC(=O)NC3(c4ccc(Cl)cc4)CCC3)c(C)c12. The molecule has 1 fully saturated rings. The minimum Gasteiger partial charge on any atom is -0.479 e. The van der Waals surface area contributed by atoms with Gasteiger partial charge in [-0.15, -0.1) is 5.10 Å². The number of hydrogen-bond donors (Lipinski definition) is 1. The molecule has 4 rings (SSSR count).